The summed E-state index contributed by atoms with van der Waals surface area (Å²) in [7, 11) is 0. The SMILES string of the molecule is CCNc1cc(SCc2ccccc2Cl)cc([N+](=O)[O-])c1. The first-order valence-corrected chi connectivity index (χ1v) is 7.86. The van der Waals surface area contributed by atoms with E-state index in [4.69, 9.17) is 11.6 Å². The Kier molecular flexibility index (Phi) is 5.47. The summed E-state index contributed by atoms with van der Waals surface area (Å²) in [4.78, 5) is 11.5. The Morgan fingerprint density at radius 1 is 1.29 bits per heavy atom. The standard InChI is InChI=1S/C15H15ClN2O2S/c1-2-17-12-7-13(18(19)20)9-14(8-12)21-10-11-5-3-4-6-15(11)16/h3-9,17H,2,10H2,1H3. The van der Waals surface area contributed by atoms with Crippen molar-refractivity contribution in [3.63, 3.8) is 0 Å². The number of nitro groups is 1. The minimum Gasteiger partial charge on any atom is -0.385 e. The summed E-state index contributed by atoms with van der Waals surface area (Å²) >= 11 is 7.65. The maximum Gasteiger partial charge on any atom is 0.272 e. The predicted octanol–water partition coefficient (Wildman–Crippen LogP) is 4.97. The molecule has 0 fully saturated rings. The van der Waals surface area contributed by atoms with Crippen LogP contribution in [0.2, 0.25) is 5.02 Å². The van der Waals surface area contributed by atoms with Crippen molar-refractivity contribution in [2.24, 2.45) is 0 Å². The fourth-order valence-electron chi connectivity index (χ4n) is 1.85. The summed E-state index contributed by atoms with van der Waals surface area (Å²) in [6, 6.07) is 12.7. The molecule has 0 aromatic heterocycles. The van der Waals surface area contributed by atoms with Crippen LogP contribution in [0.5, 0.6) is 0 Å². The molecule has 2 rings (SSSR count). The largest absolute Gasteiger partial charge is 0.385 e. The molecule has 0 bridgehead atoms. The number of hydrogen-bond donors (Lipinski definition) is 1. The average Bonchev–Trinajstić information content (AvgIpc) is 2.46. The molecule has 0 aliphatic carbocycles. The topological polar surface area (TPSA) is 55.2 Å². The zero-order chi connectivity index (χ0) is 15.2. The van der Waals surface area contributed by atoms with Gasteiger partial charge in [0.1, 0.15) is 0 Å². The third-order valence-corrected chi connectivity index (χ3v) is 4.23. The predicted molar refractivity (Wildman–Crippen MR) is 88.3 cm³/mol. The highest BCUT2D eigenvalue weighted by molar-refractivity contribution is 7.98. The monoisotopic (exact) mass is 322 g/mol. The van der Waals surface area contributed by atoms with E-state index in [0.29, 0.717) is 10.8 Å². The zero-order valence-corrected chi connectivity index (χ0v) is 13.1. The summed E-state index contributed by atoms with van der Waals surface area (Å²) in [6.45, 7) is 2.67. The molecule has 0 aliphatic heterocycles. The van der Waals surface area contributed by atoms with Crippen molar-refractivity contribution in [3.8, 4) is 0 Å². The first kappa shape index (κ1) is 15.7. The molecule has 4 nitrogen and oxygen atoms in total. The van der Waals surface area contributed by atoms with Crippen molar-refractivity contribution in [2.75, 3.05) is 11.9 Å². The molecule has 0 saturated carbocycles. The van der Waals surface area contributed by atoms with E-state index in [1.165, 1.54) is 11.8 Å². The van der Waals surface area contributed by atoms with Gasteiger partial charge in [0.2, 0.25) is 0 Å². The summed E-state index contributed by atoms with van der Waals surface area (Å²) in [6.07, 6.45) is 0. The van der Waals surface area contributed by atoms with Crippen LogP contribution in [0.25, 0.3) is 0 Å². The van der Waals surface area contributed by atoms with E-state index in [0.717, 1.165) is 22.7 Å². The van der Waals surface area contributed by atoms with Crippen molar-refractivity contribution in [2.45, 2.75) is 17.6 Å². The van der Waals surface area contributed by atoms with Crippen LogP contribution in [0.15, 0.2) is 47.4 Å². The van der Waals surface area contributed by atoms with Gasteiger partial charge >= 0.3 is 0 Å². The number of rotatable bonds is 6. The Hall–Kier alpha value is -1.72. The van der Waals surface area contributed by atoms with Gasteiger partial charge in [-0.1, -0.05) is 29.8 Å². The molecule has 2 aromatic rings. The Labute approximate surface area is 132 Å². The number of benzene rings is 2. The van der Waals surface area contributed by atoms with E-state index in [1.54, 1.807) is 12.1 Å². The van der Waals surface area contributed by atoms with Gasteiger partial charge in [-0.15, -0.1) is 11.8 Å². The van der Waals surface area contributed by atoms with Gasteiger partial charge in [0.25, 0.3) is 5.69 Å². The summed E-state index contributed by atoms with van der Waals surface area (Å²) in [5.41, 5.74) is 1.86. The number of halogens is 1. The van der Waals surface area contributed by atoms with Gasteiger partial charge in [-0.3, -0.25) is 10.1 Å². The molecule has 21 heavy (non-hydrogen) atoms. The van der Waals surface area contributed by atoms with Crippen LogP contribution < -0.4 is 5.32 Å². The number of hydrogen-bond acceptors (Lipinski definition) is 4. The Morgan fingerprint density at radius 2 is 2.05 bits per heavy atom. The summed E-state index contributed by atoms with van der Waals surface area (Å²) < 4.78 is 0. The smallest absolute Gasteiger partial charge is 0.272 e. The maximum atomic E-state index is 11.0. The third kappa shape index (κ3) is 4.37. The quantitative estimate of drug-likeness (QED) is 0.463. The lowest BCUT2D eigenvalue weighted by Crippen LogP contribution is -1.98. The highest BCUT2D eigenvalue weighted by Crippen LogP contribution is 2.31. The minimum atomic E-state index is -0.375. The third-order valence-electron chi connectivity index (χ3n) is 2.84. The number of nitrogens with one attached hydrogen (secondary N) is 1. The molecule has 0 spiro atoms. The second kappa shape index (κ2) is 7.33. The van der Waals surface area contributed by atoms with Gasteiger partial charge in [0, 0.05) is 40.0 Å². The van der Waals surface area contributed by atoms with Crippen molar-refractivity contribution in [1.29, 1.82) is 0 Å². The van der Waals surface area contributed by atoms with Crippen LogP contribution >= 0.6 is 23.4 Å². The second-order valence-electron chi connectivity index (χ2n) is 4.38. The second-order valence-corrected chi connectivity index (χ2v) is 5.84. The summed E-state index contributed by atoms with van der Waals surface area (Å²) in [5, 5.41) is 14.8. The Balaban J connectivity index is 2.19. The normalized spacial score (nSPS) is 10.4. The molecule has 0 atom stereocenters. The Morgan fingerprint density at radius 3 is 2.71 bits per heavy atom. The van der Waals surface area contributed by atoms with Gasteiger partial charge in [-0.2, -0.15) is 0 Å². The molecular weight excluding hydrogens is 308 g/mol. The lowest BCUT2D eigenvalue weighted by atomic mass is 10.2. The van der Waals surface area contributed by atoms with Crippen LogP contribution in [0.1, 0.15) is 12.5 Å². The Bertz CT molecular complexity index is 649. The number of thioether (sulfide) groups is 1. The minimum absolute atomic E-state index is 0.0927. The molecule has 0 unspecified atom stereocenters. The van der Waals surface area contributed by atoms with Gasteiger partial charge < -0.3 is 5.32 Å². The molecular formula is C15H15ClN2O2S. The first-order valence-electron chi connectivity index (χ1n) is 6.49. The van der Waals surface area contributed by atoms with Crippen LogP contribution in [0.3, 0.4) is 0 Å². The number of non-ortho nitro benzene ring substituents is 1. The number of nitro benzene ring substituents is 1. The molecule has 0 radical (unpaired) electrons. The van der Waals surface area contributed by atoms with E-state index in [2.05, 4.69) is 5.32 Å². The van der Waals surface area contributed by atoms with E-state index in [-0.39, 0.29) is 10.6 Å². The van der Waals surface area contributed by atoms with Crippen molar-refractivity contribution in [1.82, 2.24) is 0 Å². The maximum absolute atomic E-state index is 11.0. The molecule has 110 valence electrons. The van der Waals surface area contributed by atoms with Gasteiger partial charge in [0.05, 0.1) is 4.92 Å². The van der Waals surface area contributed by atoms with E-state index >= 15 is 0 Å². The van der Waals surface area contributed by atoms with Crippen LogP contribution in [-0.2, 0) is 5.75 Å². The highest BCUT2D eigenvalue weighted by Gasteiger charge is 2.10. The average molecular weight is 323 g/mol. The van der Waals surface area contributed by atoms with Crippen LogP contribution in [0, 0.1) is 10.1 Å². The summed E-state index contributed by atoms with van der Waals surface area (Å²) in [5.74, 6) is 0.673. The molecule has 0 aliphatic rings. The van der Waals surface area contributed by atoms with Crippen molar-refractivity contribution < 1.29 is 4.92 Å². The molecule has 0 saturated heterocycles. The van der Waals surface area contributed by atoms with Crippen LogP contribution in [0.4, 0.5) is 11.4 Å². The lowest BCUT2D eigenvalue weighted by molar-refractivity contribution is -0.385. The van der Waals surface area contributed by atoms with Gasteiger partial charge in [-0.25, -0.2) is 0 Å². The number of nitrogens with zero attached hydrogens (tertiary/aromatic N) is 1. The fraction of sp³-hybridized carbons (Fsp3) is 0.200. The van der Waals surface area contributed by atoms with Gasteiger partial charge in [-0.05, 0) is 24.6 Å². The van der Waals surface area contributed by atoms with E-state index in [1.807, 2.05) is 37.3 Å². The fourth-order valence-corrected chi connectivity index (χ4v) is 3.12. The number of anilines is 1. The molecule has 1 N–H and O–H groups in total. The first-order chi connectivity index (χ1) is 10.1. The molecule has 6 heteroatoms. The lowest BCUT2D eigenvalue weighted by Gasteiger charge is -2.08. The van der Waals surface area contributed by atoms with E-state index in [9.17, 15) is 10.1 Å². The highest BCUT2D eigenvalue weighted by atomic mass is 35.5. The van der Waals surface area contributed by atoms with Gasteiger partial charge in [0.15, 0.2) is 0 Å². The molecule has 0 amide bonds. The van der Waals surface area contributed by atoms with E-state index < -0.39 is 0 Å². The molecule has 2 aromatic carbocycles. The van der Waals surface area contributed by atoms with Crippen molar-refractivity contribution >= 4 is 34.7 Å². The zero-order valence-electron chi connectivity index (χ0n) is 11.5. The van der Waals surface area contributed by atoms with Crippen LogP contribution in [-0.4, -0.2) is 11.5 Å². The van der Waals surface area contributed by atoms with Crippen molar-refractivity contribution in [3.05, 3.63) is 63.2 Å². The molecule has 0 heterocycles.